The summed E-state index contributed by atoms with van der Waals surface area (Å²) in [6.45, 7) is 2.11. The van der Waals surface area contributed by atoms with Crippen LogP contribution in [0.2, 0.25) is 0 Å². The zero-order chi connectivity index (χ0) is 18.0. The Bertz CT molecular complexity index is 832. The van der Waals surface area contributed by atoms with Gasteiger partial charge in [-0.25, -0.2) is 9.59 Å². The summed E-state index contributed by atoms with van der Waals surface area (Å²) >= 11 is 1.56. The second kappa shape index (κ2) is 7.18. The van der Waals surface area contributed by atoms with Crippen molar-refractivity contribution in [1.82, 2.24) is 10.2 Å². The number of furan rings is 1. The third-order valence-corrected chi connectivity index (χ3v) is 4.50. The second-order valence-corrected chi connectivity index (χ2v) is 6.47. The Kier molecular flexibility index (Phi) is 4.98. The standard InChI is InChI=1S/C17H18N2O5S/c1-10(15(20)19-8-7-18-17(19)22)23-16(21)14-12(9-25-2)11-5-3-4-6-13(11)24-14/h3-6,10H,7-9H2,1-2H3,(H,18,22)/t10-/m0/s1. The van der Waals surface area contributed by atoms with Gasteiger partial charge in [0.1, 0.15) is 5.58 Å². The molecular formula is C17H18N2O5S. The molecule has 1 aromatic carbocycles. The Balaban J connectivity index is 1.81. The third kappa shape index (κ3) is 3.34. The number of nitrogens with one attached hydrogen (secondary N) is 1. The molecule has 1 aliphatic rings. The van der Waals surface area contributed by atoms with E-state index in [4.69, 9.17) is 9.15 Å². The molecule has 1 fully saturated rings. The van der Waals surface area contributed by atoms with Crippen molar-refractivity contribution < 1.29 is 23.5 Å². The highest BCUT2D eigenvalue weighted by atomic mass is 32.2. The molecule has 2 aromatic rings. The first kappa shape index (κ1) is 17.3. The molecule has 2 heterocycles. The summed E-state index contributed by atoms with van der Waals surface area (Å²) in [7, 11) is 0. The van der Waals surface area contributed by atoms with Gasteiger partial charge in [-0.1, -0.05) is 18.2 Å². The summed E-state index contributed by atoms with van der Waals surface area (Å²) in [6.07, 6.45) is 0.848. The molecule has 0 unspecified atom stereocenters. The Morgan fingerprint density at radius 3 is 2.84 bits per heavy atom. The molecular weight excluding hydrogens is 344 g/mol. The lowest BCUT2D eigenvalue weighted by molar-refractivity contribution is -0.136. The van der Waals surface area contributed by atoms with Crippen LogP contribution in [0.3, 0.4) is 0 Å². The molecule has 25 heavy (non-hydrogen) atoms. The average Bonchev–Trinajstić information content (AvgIpc) is 3.18. The number of hydrogen-bond donors (Lipinski definition) is 1. The maximum absolute atomic E-state index is 12.5. The number of amides is 3. The van der Waals surface area contributed by atoms with Gasteiger partial charge in [0.25, 0.3) is 5.91 Å². The summed E-state index contributed by atoms with van der Waals surface area (Å²) in [5, 5.41) is 3.39. The number of esters is 1. The highest BCUT2D eigenvalue weighted by molar-refractivity contribution is 7.97. The zero-order valence-corrected chi connectivity index (χ0v) is 14.7. The fraction of sp³-hybridized carbons (Fsp3) is 0.353. The topological polar surface area (TPSA) is 88.9 Å². The number of ether oxygens (including phenoxy) is 1. The number of benzene rings is 1. The van der Waals surface area contributed by atoms with E-state index in [2.05, 4.69) is 5.32 Å². The van der Waals surface area contributed by atoms with Gasteiger partial charge >= 0.3 is 12.0 Å². The number of hydrogen-bond acceptors (Lipinski definition) is 6. The van der Waals surface area contributed by atoms with Gasteiger partial charge < -0.3 is 14.5 Å². The van der Waals surface area contributed by atoms with Crippen molar-refractivity contribution in [3.05, 3.63) is 35.6 Å². The Labute approximate surface area is 148 Å². The van der Waals surface area contributed by atoms with Crippen LogP contribution >= 0.6 is 11.8 Å². The second-order valence-electron chi connectivity index (χ2n) is 5.61. The van der Waals surface area contributed by atoms with Crippen LogP contribution in [0.5, 0.6) is 0 Å². The van der Waals surface area contributed by atoms with Crippen LogP contribution in [-0.2, 0) is 15.3 Å². The Morgan fingerprint density at radius 2 is 2.16 bits per heavy atom. The van der Waals surface area contributed by atoms with Crippen molar-refractivity contribution in [3.63, 3.8) is 0 Å². The quantitative estimate of drug-likeness (QED) is 0.822. The van der Waals surface area contributed by atoms with Crippen molar-refractivity contribution in [2.24, 2.45) is 0 Å². The van der Waals surface area contributed by atoms with E-state index >= 15 is 0 Å². The molecule has 0 spiro atoms. The van der Waals surface area contributed by atoms with Gasteiger partial charge in [-0.05, 0) is 19.2 Å². The molecule has 1 saturated heterocycles. The van der Waals surface area contributed by atoms with Crippen LogP contribution in [0.15, 0.2) is 28.7 Å². The van der Waals surface area contributed by atoms with Crippen LogP contribution in [0.1, 0.15) is 23.0 Å². The fourth-order valence-corrected chi connectivity index (χ4v) is 3.29. The lowest BCUT2D eigenvalue weighted by atomic mass is 10.1. The summed E-state index contributed by atoms with van der Waals surface area (Å²) in [5.41, 5.74) is 1.34. The summed E-state index contributed by atoms with van der Waals surface area (Å²) in [4.78, 5) is 37.4. The molecule has 0 saturated carbocycles. The molecule has 3 rings (SSSR count). The van der Waals surface area contributed by atoms with Crippen LogP contribution in [0.4, 0.5) is 4.79 Å². The molecule has 7 nitrogen and oxygen atoms in total. The fourth-order valence-electron chi connectivity index (χ4n) is 2.72. The average molecular weight is 362 g/mol. The number of fused-ring (bicyclic) bond motifs is 1. The van der Waals surface area contributed by atoms with E-state index in [9.17, 15) is 14.4 Å². The normalized spacial score (nSPS) is 15.3. The van der Waals surface area contributed by atoms with Crippen molar-refractivity contribution in [2.75, 3.05) is 19.3 Å². The van der Waals surface area contributed by atoms with Crippen LogP contribution in [0, 0.1) is 0 Å². The number of nitrogens with zero attached hydrogens (tertiary/aromatic N) is 1. The van der Waals surface area contributed by atoms with Crippen molar-refractivity contribution >= 4 is 40.6 Å². The minimum Gasteiger partial charge on any atom is -0.449 e. The first-order valence-corrected chi connectivity index (χ1v) is 9.22. The smallest absolute Gasteiger partial charge is 0.375 e. The molecule has 0 radical (unpaired) electrons. The first-order chi connectivity index (χ1) is 12.0. The maximum atomic E-state index is 12.5. The van der Waals surface area contributed by atoms with E-state index in [0.29, 0.717) is 17.9 Å². The van der Waals surface area contributed by atoms with Gasteiger partial charge in [0, 0.05) is 29.8 Å². The third-order valence-electron chi connectivity index (χ3n) is 3.93. The van der Waals surface area contributed by atoms with Crippen LogP contribution < -0.4 is 5.32 Å². The van der Waals surface area contributed by atoms with Gasteiger partial charge in [-0.3, -0.25) is 9.69 Å². The van der Waals surface area contributed by atoms with Crippen molar-refractivity contribution in [1.29, 1.82) is 0 Å². The molecule has 132 valence electrons. The minimum absolute atomic E-state index is 0.0982. The van der Waals surface area contributed by atoms with Gasteiger partial charge in [-0.2, -0.15) is 11.8 Å². The first-order valence-electron chi connectivity index (χ1n) is 7.82. The maximum Gasteiger partial charge on any atom is 0.375 e. The van der Waals surface area contributed by atoms with Crippen molar-refractivity contribution in [3.8, 4) is 0 Å². The van der Waals surface area contributed by atoms with E-state index in [-0.39, 0.29) is 12.3 Å². The van der Waals surface area contributed by atoms with Gasteiger partial charge in [0.05, 0.1) is 0 Å². The molecule has 1 N–H and O–H groups in total. The molecule has 0 bridgehead atoms. The molecule has 0 aliphatic carbocycles. The number of rotatable bonds is 5. The minimum atomic E-state index is -1.08. The van der Waals surface area contributed by atoms with Gasteiger partial charge in [-0.15, -0.1) is 0 Å². The van der Waals surface area contributed by atoms with Gasteiger partial charge in [0.2, 0.25) is 5.76 Å². The molecule has 1 aliphatic heterocycles. The van der Waals surface area contributed by atoms with E-state index < -0.39 is 24.0 Å². The van der Waals surface area contributed by atoms with E-state index in [1.807, 2.05) is 24.5 Å². The van der Waals surface area contributed by atoms with Crippen LogP contribution in [-0.4, -0.2) is 48.3 Å². The van der Waals surface area contributed by atoms with Crippen molar-refractivity contribution in [2.45, 2.75) is 18.8 Å². The highest BCUT2D eigenvalue weighted by Gasteiger charge is 2.33. The zero-order valence-electron chi connectivity index (χ0n) is 13.9. The predicted octanol–water partition coefficient (Wildman–Crippen LogP) is 2.39. The molecule has 8 heteroatoms. The monoisotopic (exact) mass is 362 g/mol. The van der Waals surface area contributed by atoms with E-state index in [0.717, 1.165) is 15.8 Å². The number of carbonyl (C=O) groups is 3. The largest absolute Gasteiger partial charge is 0.449 e. The molecule has 3 amide bonds. The van der Waals surface area contributed by atoms with E-state index in [1.165, 1.54) is 6.92 Å². The highest BCUT2D eigenvalue weighted by Crippen LogP contribution is 2.29. The molecule has 1 atom stereocenters. The predicted molar refractivity (Wildman–Crippen MR) is 93.4 cm³/mol. The number of para-hydroxylation sites is 1. The van der Waals surface area contributed by atoms with E-state index in [1.54, 1.807) is 17.8 Å². The summed E-state index contributed by atoms with van der Waals surface area (Å²) in [5.74, 6) is -0.578. The summed E-state index contributed by atoms with van der Waals surface area (Å²) in [6, 6.07) is 6.88. The number of carbonyl (C=O) groups excluding carboxylic acids is 3. The SMILES string of the molecule is CSCc1c(C(=O)O[C@@H](C)C(=O)N2CCNC2=O)oc2ccccc12. The number of urea groups is 1. The number of thioether (sulfide) groups is 1. The Hall–Kier alpha value is -2.48. The van der Waals surface area contributed by atoms with Gasteiger partial charge in [0.15, 0.2) is 6.10 Å². The number of imide groups is 1. The summed E-state index contributed by atoms with van der Waals surface area (Å²) < 4.78 is 10.9. The van der Waals surface area contributed by atoms with Crippen LogP contribution in [0.25, 0.3) is 11.0 Å². The molecule has 1 aromatic heterocycles. The lowest BCUT2D eigenvalue weighted by Gasteiger charge is -2.17. The Morgan fingerprint density at radius 1 is 1.40 bits per heavy atom. The lowest BCUT2D eigenvalue weighted by Crippen LogP contribution is -2.41.